The van der Waals surface area contributed by atoms with Crippen LogP contribution in [0.1, 0.15) is 41.2 Å². The summed E-state index contributed by atoms with van der Waals surface area (Å²) in [6, 6.07) is 3.65. The molecular weight excluding hydrogens is 250 g/mol. The molecule has 5 heteroatoms. The van der Waals surface area contributed by atoms with Crippen LogP contribution >= 0.6 is 11.3 Å². The van der Waals surface area contributed by atoms with E-state index in [0.29, 0.717) is 11.3 Å². The second kappa shape index (κ2) is 6.00. The molecule has 0 aliphatic carbocycles. The van der Waals surface area contributed by atoms with Gasteiger partial charge in [0.05, 0.1) is 12.0 Å². The van der Waals surface area contributed by atoms with E-state index in [-0.39, 0.29) is 5.91 Å². The van der Waals surface area contributed by atoms with Gasteiger partial charge in [-0.25, -0.2) is 4.79 Å². The van der Waals surface area contributed by atoms with E-state index in [2.05, 4.69) is 5.32 Å². The van der Waals surface area contributed by atoms with E-state index in [1.165, 1.54) is 18.4 Å². The predicted molar refractivity (Wildman–Crippen MR) is 71.9 cm³/mol. The molecule has 0 fully saturated rings. The van der Waals surface area contributed by atoms with Gasteiger partial charge in [0.1, 0.15) is 5.54 Å². The molecule has 1 atom stereocenters. The first-order valence-electron chi connectivity index (χ1n) is 5.90. The van der Waals surface area contributed by atoms with E-state index in [1.807, 2.05) is 19.9 Å². The van der Waals surface area contributed by atoms with E-state index in [9.17, 15) is 9.59 Å². The molecule has 0 radical (unpaired) electrons. The normalized spacial score (nSPS) is 13.8. The van der Waals surface area contributed by atoms with Gasteiger partial charge in [-0.2, -0.15) is 0 Å². The third-order valence-electron chi connectivity index (χ3n) is 2.74. The number of carbonyl (C=O) groups excluding carboxylic acids is 2. The molecule has 1 amide bonds. The summed E-state index contributed by atoms with van der Waals surface area (Å²) in [4.78, 5) is 25.5. The van der Waals surface area contributed by atoms with Gasteiger partial charge >= 0.3 is 5.97 Å². The molecule has 0 aliphatic heterocycles. The molecule has 1 heterocycles. The number of amides is 1. The summed E-state index contributed by atoms with van der Waals surface area (Å²) in [5, 5.41) is 2.77. The number of hydrogen-bond donors (Lipinski definition) is 1. The van der Waals surface area contributed by atoms with Crippen LogP contribution in [0.15, 0.2) is 12.1 Å². The summed E-state index contributed by atoms with van der Waals surface area (Å²) in [5.41, 5.74) is -0.960. The summed E-state index contributed by atoms with van der Waals surface area (Å²) in [6.07, 6.45) is 1.34. The van der Waals surface area contributed by atoms with E-state index in [1.54, 1.807) is 13.0 Å². The molecule has 100 valence electrons. The zero-order valence-electron chi connectivity index (χ0n) is 11.2. The van der Waals surface area contributed by atoms with Crippen LogP contribution in [-0.4, -0.2) is 24.5 Å². The minimum atomic E-state index is -0.960. The van der Waals surface area contributed by atoms with Crippen molar-refractivity contribution in [1.29, 1.82) is 0 Å². The Morgan fingerprint density at radius 3 is 2.56 bits per heavy atom. The number of ether oxygens (including phenoxy) is 1. The molecule has 4 nitrogen and oxygen atoms in total. The number of nitrogens with one attached hydrogen (secondary N) is 1. The first kappa shape index (κ1) is 14.7. The highest BCUT2D eigenvalue weighted by molar-refractivity contribution is 7.13. The van der Waals surface area contributed by atoms with Crippen LogP contribution in [0.25, 0.3) is 0 Å². The fraction of sp³-hybridized carbons (Fsp3) is 0.538. The van der Waals surface area contributed by atoms with Crippen molar-refractivity contribution >= 4 is 23.2 Å². The molecule has 0 saturated heterocycles. The monoisotopic (exact) mass is 269 g/mol. The Hall–Kier alpha value is -1.36. The van der Waals surface area contributed by atoms with Crippen LogP contribution in [0, 0.1) is 6.92 Å². The zero-order valence-corrected chi connectivity index (χ0v) is 12.0. The van der Waals surface area contributed by atoms with Gasteiger partial charge in [-0.3, -0.25) is 4.79 Å². The quantitative estimate of drug-likeness (QED) is 0.836. The highest BCUT2D eigenvalue weighted by atomic mass is 32.1. The summed E-state index contributed by atoms with van der Waals surface area (Å²) >= 11 is 1.41. The van der Waals surface area contributed by atoms with Crippen LogP contribution in [0.2, 0.25) is 0 Å². The largest absolute Gasteiger partial charge is 0.467 e. The molecule has 1 aromatic heterocycles. The maximum Gasteiger partial charge on any atom is 0.331 e. The molecule has 1 unspecified atom stereocenters. The number of methoxy groups -OCH3 is 1. The maximum atomic E-state index is 12.1. The second-order valence-electron chi connectivity index (χ2n) is 4.44. The van der Waals surface area contributed by atoms with Crippen LogP contribution in [0.3, 0.4) is 0 Å². The summed E-state index contributed by atoms with van der Waals surface area (Å²) < 4.78 is 4.76. The Morgan fingerprint density at radius 2 is 2.11 bits per heavy atom. The van der Waals surface area contributed by atoms with E-state index < -0.39 is 11.5 Å². The molecule has 18 heavy (non-hydrogen) atoms. The minimum absolute atomic E-state index is 0.227. The third-order valence-corrected chi connectivity index (χ3v) is 3.74. The average molecular weight is 269 g/mol. The van der Waals surface area contributed by atoms with E-state index >= 15 is 0 Å². The van der Waals surface area contributed by atoms with Crippen molar-refractivity contribution in [2.45, 2.75) is 39.2 Å². The Bertz CT molecular complexity index is 441. The van der Waals surface area contributed by atoms with Crippen molar-refractivity contribution in [3.8, 4) is 0 Å². The molecule has 0 bridgehead atoms. The summed E-state index contributed by atoms with van der Waals surface area (Å²) in [6.45, 7) is 5.59. The van der Waals surface area contributed by atoms with E-state index in [0.717, 1.165) is 11.3 Å². The van der Waals surface area contributed by atoms with Crippen LogP contribution in [0.5, 0.6) is 0 Å². The number of aryl methyl sites for hydroxylation is 1. The lowest BCUT2D eigenvalue weighted by Crippen LogP contribution is -2.52. The molecule has 1 N–H and O–H groups in total. The molecule has 1 aromatic rings. The number of esters is 1. The molecule has 1 rings (SSSR count). The minimum Gasteiger partial charge on any atom is -0.467 e. The average Bonchev–Trinajstić information content (AvgIpc) is 2.75. The van der Waals surface area contributed by atoms with Crippen LogP contribution < -0.4 is 5.32 Å². The van der Waals surface area contributed by atoms with Crippen molar-refractivity contribution in [2.75, 3.05) is 7.11 Å². The lowest BCUT2D eigenvalue weighted by molar-refractivity contribution is -0.147. The third kappa shape index (κ3) is 3.32. The highest BCUT2D eigenvalue weighted by Crippen LogP contribution is 2.19. The predicted octanol–water partition coefficient (Wildman–Crippen LogP) is 2.52. The van der Waals surface area contributed by atoms with Crippen LogP contribution in [-0.2, 0) is 9.53 Å². The first-order valence-corrected chi connectivity index (χ1v) is 6.72. The molecule has 0 aromatic carbocycles. The van der Waals surface area contributed by atoms with E-state index in [4.69, 9.17) is 4.74 Å². The Kier molecular flexibility index (Phi) is 4.90. The van der Waals surface area contributed by atoms with Gasteiger partial charge in [0.15, 0.2) is 0 Å². The number of rotatable bonds is 5. The Balaban J connectivity index is 2.84. The standard InChI is InChI=1S/C13H19NO3S/c1-5-8-13(3,12(16)17-4)14-11(15)10-7-6-9(2)18-10/h6-7H,5,8H2,1-4H3,(H,14,15). The molecular formula is C13H19NO3S. The lowest BCUT2D eigenvalue weighted by Gasteiger charge is -2.27. The van der Waals surface area contributed by atoms with Gasteiger partial charge in [-0.15, -0.1) is 11.3 Å². The zero-order chi connectivity index (χ0) is 13.8. The van der Waals surface area contributed by atoms with Crippen molar-refractivity contribution in [1.82, 2.24) is 5.32 Å². The van der Waals surface area contributed by atoms with Gasteiger partial charge in [0.2, 0.25) is 0 Å². The van der Waals surface area contributed by atoms with Crippen molar-refractivity contribution in [3.05, 3.63) is 21.9 Å². The fourth-order valence-corrected chi connectivity index (χ4v) is 2.57. The SMILES string of the molecule is CCCC(C)(NC(=O)c1ccc(C)s1)C(=O)OC. The van der Waals surface area contributed by atoms with Crippen LogP contribution in [0.4, 0.5) is 0 Å². The summed E-state index contributed by atoms with van der Waals surface area (Å²) in [7, 11) is 1.33. The van der Waals surface area contributed by atoms with Gasteiger partial charge in [-0.1, -0.05) is 13.3 Å². The Labute approximate surface area is 111 Å². The Morgan fingerprint density at radius 1 is 1.44 bits per heavy atom. The fourth-order valence-electron chi connectivity index (χ4n) is 1.81. The van der Waals surface area contributed by atoms with Crippen molar-refractivity contribution < 1.29 is 14.3 Å². The van der Waals surface area contributed by atoms with Gasteiger partial charge < -0.3 is 10.1 Å². The maximum absolute atomic E-state index is 12.1. The lowest BCUT2D eigenvalue weighted by atomic mass is 9.96. The van der Waals surface area contributed by atoms with Crippen molar-refractivity contribution in [3.63, 3.8) is 0 Å². The molecule has 0 aliphatic rings. The first-order chi connectivity index (χ1) is 8.42. The number of thiophene rings is 1. The number of hydrogen-bond acceptors (Lipinski definition) is 4. The van der Waals surface area contributed by atoms with Gasteiger partial charge in [-0.05, 0) is 32.4 Å². The smallest absolute Gasteiger partial charge is 0.331 e. The summed E-state index contributed by atoms with van der Waals surface area (Å²) in [5.74, 6) is -0.638. The van der Waals surface area contributed by atoms with Gasteiger partial charge in [0.25, 0.3) is 5.91 Å². The van der Waals surface area contributed by atoms with Gasteiger partial charge in [0, 0.05) is 4.88 Å². The molecule has 0 saturated carbocycles. The highest BCUT2D eigenvalue weighted by Gasteiger charge is 2.35. The molecule has 0 spiro atoms. The number of carbonyl (C=O) groups is 2. The topological polar surface area (TPSA) is 55.4 Å². The van der Waals surface area contributed by atoms with Crippen molar-refractivity contribution in [2.24, 2.45) is 0 Å². The second-order valence-corrected chi connectivity index (χ2v) is 5.73.